The molecule has 0 atom stereocenters. The first-order valence-electron chi connectivity index (χ1n) is 5.24. The molecule has 5 nitrogen and oxygen atoms in total. The summed E-state index contributed by atoms with van der Waals surface area (Å²) in [5.74, 6) is -0.209. The van der Waals surface area contributed by atoms with Crippen molar-refractivity contribution in [3.05, 3.63) is 34.9 Å². The van der Waals surface area contributed by atoms with Crippen LogP contribution in [0.25, 0.3) is 5.69 Å². The maximum absolute atomic E-state index is 12.4. The second kappa shape index (κ2) is 5.50. The van der Waals surface area contributed by atoms with E-state index in [0.29, 0.717) is 17.0 Å². The molecule has 0 radical (unpaired) electrons. The van der Waals surface area contributed by atoms with E-state index in [1.165, 1.54) is 7.11 Å². The number of hydrogen-bond donors (Lipinski definition) is 1. The number of aliphatic hydroxyl groups excluding tert-OH is 1. The van der Waals surface area contributed by atoms with Crippen LogP contribution in [-0.4, -0.2) is 27.0 Å². The molecule has 102 valence electrons. The van der Waals surface area contributed by atoms with Gasteiger partial charge >= 0.3 is 0 Å². The highest BCUT2D eigenvalue weighted by molar-refractivity contribution is 6.33. The minimum Gasteiger partial charge on any atom is -0.495 e. The maximum atomic E-state index is 12.4. The van der Waals surface area contributed by atoms with Crippen LogP contribution in [0.4, 0.5) is 8.78 Å². The van der Waals surface area contributed by atoms with Crippen molar-refractivity contribution < 1.29 is 18.6 Å². The predicted molar refractivity (Wildman–Crippen MR) is 63.8 cm³/mol. The van der Waals surface area contributed by atoms with Gasteiger partial charge in [0.1, 0.15) is 12.1 Å². The van der Waals surface area contributed by atoms with E-state index < -0.39 is 12.2 Å². The minimum absolute atomic E-state index is 0.205. The van der Waals surface area contributed by atoms with E-state index in [-0.39, 0.29) is 11.6 Å². The Morgan fingerprint density at radius 3 is 2.74 bits per heavy atom. The molecule has 19 heavy (non-hydrogen) atoms. The van der Waals surface area contributed by atoms with Gasteiger partial charge in [0.05, 0.1) is 24.4 Å². The molecular weight excluding hydrogens is 280 g/mol. The fraction of sp³-hybridized carbons (Fsp3) is 0.273. The highest BCUT2D eigenvalue weighted by Gasteiger charge is 2.17. The second-order valence-corrected chi connectivity index (χ2v) is 3.96. The Morgan fingerprint density at radius 2 is 2.21 bits per heavy atom. The van der Waals surface area contributed by atoms with Gasteiger partial charge in [-0.2, -0.15) is 0 Å². The number of rotatable bonds is 4. The van der Waals surface area contributed by atoms with E-state index in [2.05, 4.69) is 10.1 Å². The molecule has 1 aromatic carbocycles. The molecule has 2 aromatic rings. The summed E-state index contributed by atoms with van der Waals surface area (Å²) in [6.07, 6.45) is -1.62. The molecule has 0 aliphatic rings. The standard InChI is InChI=1S/C11H10ClF2N3O2/c1-19-8-3-2-7(6(4-18)9(8)12)17-5-15-11(16-17)10(13)14/h2-3,5,10,18H,4H2,1H3. The number of alkyl halides is 2. The Kier molecular flexibility index (Phi) is 3.96. The van der Waals surface area contributed by atoms with Gasteiger partial charge in [0, 0.05) is 5.56 Å². The third kappa shape index (κ3) is 2.52. The molecule has 0 saturated heterocycles. The summed E-state index contributed by atoms with van der Waals surface area (Å²) in [7, 11) is 1.44. The van der Waals surface area contributed by atoms with Crippen molar-refractivity contribution in [3.63, 3.8) is 0 Å². The molecule has 2 rings (SSSR count). The first-order valence-corrected chi connectivity index (χ1v) is 5.62. The van der Waals surface area contributed by atoms with Gasteiger partial charge in [-0.1, -0.05) is 11.6 Å². The van der Waals surface area contributed by atoms with E-state index in [9.17, 15) is 13.9 Å². The number of methoxy groups -OCH3 is 1. The van der Waals surface area contributed by atoms with Crippen LogP contribution in [0.1, 0.15) is 17.8 Å². The van der Waals surface area contributed by atoms with Gasteiger partial charge in [-0.15, -0.1) is 5.10 Å². The molecule has 0 aliphatic carbocycles. The Balaban J connectivity index is 2.52. The van der Waals surface area contributed by atoms with Crippen LogP contribution in [0.15, 0.2) is 18.5 Å². The largest absolute Gasteiger partial charge is 0.495 e. The summed E-state index contributed by atoms with van der Waals surface area (Å²) >= 11 is 6.04. The predicted octanol–water partition coefficient (Wildman–Crippen LogP) is 2.36. The zero-order chi connectivity index (χ0) is 14.0. The van der Waals surface area contributed by atoms with Gasteiger partial charge in [-0.05, 0) is 12.1 Å². The van der Waals surface area contributed by atoms with Crippen molar-refractivity contribution >= 4 is 11.6 Å². The Morgan fingerprint density at radius 1 is 1.47 bits per heavy atom. The summed E-state index contributed by atoms with van der Waals surface area (Å²) in [5.41, 5.74) is 0.694. The summed E-state index contributed by atoms with van der Waals surface area (Å²) in [5, 5.41) is 13.2. The number of ether oxygens (including phenoxy) is 1. The number of hydrogen-bond acceptors (Lipinski definition) is 4. The number of nitrogens with zero attached hydrogens (tertiary/aromatic N) is 3. The van der Waals surface area contributed by atoms with E-state index in [1.807, 2.05) is 0 Å². The van der Waals surface area contributed by atoms with Crippen LogP contribution in [-0.2, 0) is 6.61 Å². The van der Waals surface area contributed by atoms with Crippen LogP contribution < -0.4 is 4.74 Å². The smallest absolute Gasteiger partial charge is 0.299 e. The Labute approximate surface area is 112 Å². The third-order valence-electron chi connectivity index (χ3n) is 2.51. The fourth-order valence-electron chi connectivity index (χ4n) is 1.60. The molecule has 1 N–H and O–H groups in total. The van der Waals surface area contributed by atoms with Crippen molar-refractivity contribution in [1.82, 2.24) is 14.8 Å². The molecule has 0 fully saturated rings. The second-order valence-electron chi connectivity index (χ2n) is 3.59. The molecule has 0 aliphatic heterocycles. The number of aromatic nitrogens is 3. The Bertz CT molecular complexity index is 589. The summed E-state index contributed by atoms with van der Waals surface area (Å²) in [4.78, 5) is 3.49. The molecule has 0 bridgehead atoms. The van der Waals surface area contributed by atoms with Crippen molar-refractivity contribution in [2.75, 3.05) is 7.11 Å². The zero-order valence-corrected chi connectivity index (χ0v) is 10.6. The first-order chi connectivity index (χ1) is 9.08. The van der Waals surface area contributed by atoms with Gasteiger partial charge in [0.25, 0.3) is 6.43 Å². The van der Waals surface area contributed by atoms with Crippen LogP contribution >= 0.6 is 11.6 Å². The lowest BCUT2D eigenvalue weighted by molar-refractivity contribution is 0.140. The van der Waals surface area contributed by atoms with Gasteiger partial charge in [-0.3, -0.25) is 0 Å². The molecular formula is C11H10ClF2N3O2. The monoisotopic (exact) mass is 289 g/mol. The molecule has 0 saturated carbocycles. The molecule has 0 amide bonds. The molecule has 8 heteroatoms. The lowest BCUT2D eigenvalue weighted by Crippen LogP contribution is -2.03. The van der Waals surface area contributed by atoms with Gasteiger partial charge < -0.3 is 9.84 Å². The lowest BCUT2D eigenvalue weighted by atomic mass is 10.1. The van der Waals surface area contributed by atoms with E-state index in [1.54, 1.807) is 12.1 Å². The molecule has 0 unspecified atom stereocenters. The topological polar surface area (TPSA) is 60.2 Å². The van der Waals surface area contributed by atoms with Gasteiger partial charge in [0.15, 0.2) is 0 Å². The molecule has 1 aromatic heterocycles. The fourth-order valence-corrected chi connectivity index (χ4v) is 1.90. The highest BCUT2D eigenvalue weighted by atomic mass is 35.5. The van der Waals surface area contributed by atoms with Crippen molar-refractivity contribution in [2.24, 2.45) is 0 Å². The SMILES string of the molecule is COc1ccc(-n2cnc(C(F)F)n2)c(CO)c1Cl. The van der Waals surface area contributed by atoms with Crippen molar-refractivity contribution in [1.29, 1.82) is 0 Å². The summed E-state index contributed by atoms with van der Waals surface area (Å²) in [6.45, 7) is -0.380. The quantitative estimate of drug-likeness (QED) is 0.938. The number of benzene rings is 1. The van der Waals surface area contributed by atoms with Crippen molar-refractivity contribution in [2.45, 2.75) is 13.0 Å². The van der Waals surface area contributed by atoms with Crippen molar-refractivity contribution in [3.8, 4) is 11.4 Å². The zero-order valence-electron chi connectivity index (χ0n) is 9.85. The van der Waals surface area contributed by atoms with Crippen LogP contribution in [0.5, 0.6) is 5.75 Å². The van der Waals surface area contributed by atoms with Gasteiger partial charge in [0.2, 0.25) is 5.82 Å². The van der Waals surface area contributed by atoms with Crippen LogP contribution in [0, 0.1) is 0 Å². The van der Waals surface area contributed by atoms with E-state index in [4.69, 9.17) is 16.3 Å². The van der Waals surface area contributed by atoms with E-state index >= 15 is 0 Å². The van der Waals surface area contributed by atoms with Crippen LogP contribution in [0.2, 0.25) is 5.02 Å². The summed E-state index contributed by atoms with van der Waals surface area (Å²) in [6, 6.07) is 3.11. The number of aliphatic hydroxyl groups is 1. The average Bonchev–Trinajstić information content (AvgIpc) is 2.87. The Hall–Kier alpha value is -1.73. The normalized spacial score (nSPS) is 11.1. The van der Waals surface area contributed by atoms with Crippen LogP contribution in [0.3, 0.4) is 0 Å². The molecule has 1 heterocycles. The first kappa shape index (κ1) is 13.7. The molecule has 0 spiro atoms. The minimum atomic E-state index is -2.76. The van der Waals surface area contributed by atoms with E-state index in [0.717, 1.165) is 11.0 Å². The third-order valence-corrected chi connectivity index (χ3v) is 2.93. The lowest BCUT2D eigenvalue weighted by Gasteiger charge is -2.12. The van der Waals surface area contributed by atoms with Gasteiger partial charge in [-0.25, -0.2) is 18.4 Å². The summed E-state index contributed by atoms with van der Waals surface area (Å²) < 4.78 is 31.0. The maximum Gasteiger partial charge on any atom is 0.299 e. The number of halogens is 3. The highest BCUT2D eigenvalue weighted by Crippen LogP contribution is 2.32. The average molecular weight is 290 g/mol.